The molecule has 1 aliphatic rings. The summed E-state index contributed by atoms with van der Waals surface area (Å²) >= 11 is 0. The van der Waals surface area contributed by atoms with Crippen molar-refractivity contribution < 1.29 is 19.1 Å². The van der Waals surface area contributed by atoms with E-state index in [4.69, 9.17) is 14.9 Å². The van der Waals surface area contributed by atoms with Crippen LogP contribution in [0, 0.1) is 5.41 Å². The van der Waals surface area contributed by atoms with Gasteiger partial charge in [0.05, 0.1) is 18.7 Å². The van der Waals surface area contributed by atoms with E-state index in [1.165, 1.54) is 0 Å². The first-order chi connectivity index (χ1) is 8.63. The van der Waals surface area contributed by atoms with Gasteiger partial charge < -0.3 is 19.8 Å². The summed E-state index contributed by atoms with van der Waals surface area (Å²) in [6.07, 6.45) is 2.61. The number of hydrogen-bond donors (Lipinski definition) is 1. The van der Waals surface area contributed by atoms with E-state index in [1.807, 2.05) is 0 Å². The number of nitrogens with one attached hydrogen (secondary N) is 1. The lowest BCUT2D eigenvalue weighted by Gasteiger charge is -2.25. The fourth-order valence-electron chi connectivity index (χ4n) is 1.75. The lowest BCUT2D eigenvalue weighted by Crippen LogP contribution is -2.37. The number of carbonyl (C=O) groups is 2. The smallest absolute Gasteiger partial charge is 0.410 e. The maximum Gasteiger partial charge on any atom is 0.410 e. The first-order valence-corrected chi connectivity index (χ1v) is 6.27. The molecular formula is C12H20N2O4. The average Bonchev–Trinajstić information content (AvgIpc) is 2.37. The summed E-state index contributed by atoms with van der Waals surface area (Å²) in [4.78, 5) is 24.3. The van der Waals surface area contributed by atoms with Gasteiger partial charge in [-0.25, -0.2) is 4.79 Å². The summed E-state index contributed by atoms with van der Waals surface area (Å²) in [5, 5.41) is 7.51. The summed E-state index contributed by atoms with van der Waals surface area (Å²) in [6, 6.07) is 0. The second-order valence-electron chi connectivity index (χ2n) is 4.19. The fraction of sp³-hybridized carbons (Fsp3) is 0.750. The van der Waals surface area contributed by atoms with Crippen molar-refractivity contribution in [3.63, 3.8) is 0 Å². The molecule has 0 radical (unpaired) electrons. The molecule has 6 heteroatoms. The quantitative estimate of drug-likeness (QED) is 0.598. The SMILES string of the molecule is CCOC(=O)CC(=N)COC(=O)N1CCCCC1. The lowest BCUT2D eigenvalue weighted by atomic mass is 10.1. The number of nitrogens with zero attached hydrogens (tertiary/aromatic N) is 1. The van der Waals surface area contributed by atoms with Crippen LogP contribution in [0.25, 0.3) is 0 Å². The van der Waals surface area contributed by atoms with Crippen LogP contribution in [0.15, 0.2) is 0 Å². The minimum absolute atomic E-state index is 0.0545. The molecule has 1 amide bonds. The molecule has 1 saturated heterocycles. The van der Waals surface area contributed by atoms with E-state index in [1.54, 1.807) is 11.8 Å². The van der Waals surface area contributed by atoms with Crippen molar-refractivity contribution in [2.75, 3.05) is 26.3 Å². The van der Waals surface area contributed by atoms with E-state index in [0.717, 1.165) is 19.3 Å². The van der Waals surface area contributed by atoms with Gasteiger partial charge >= 0.3 is 12.1 Å². The Hall–Kier alpha value is -1.59. The number of hydrogen-bond acceptors (Lipinski definition) is 5. The van der Waals surface area contributed by atoms with Gasteiger partial charge in [-0.2, -0.15) is 0 Å². The number of piperidine rings is 1. The van der Waals surface area contributed by atoms with Gasteiger partial charge in [0.1, 0.15) is 6.61 Å². The number of rotatable bonds is 5. The number of carbonyl (C=O) groups excluding carboxylic acids is 2. The van der Waals surface area contributed by atoms with Crippen LogP contribution in [-0.4, -0.2) is 49.0 Å². The molecule has 1 N–H and O–H groups in total. The van der Waals surface area contributed by atoms with Gasteiger partial charge in [0.25, 0.3) is 0 Å². The summed E-state index contributed by atoms with van der Waals surface area (Å²) in [6.45, 7) is 3.28. The summed E-state index contributed by atoms with van der Waals surface area (Å²) < 4.78 is 9.68. The number of ether oxygens (including phenoxy) is 2. The number of amides is 1. The van der Waals surface area contributed by atoms with E-state index in [2.05, 4.69) is 0 Å². The Kier molecular flexibility index (Phi) is 6.18. The molecule has 0 aromatic carbocycles. The first kappa shape index (κ1) is 14.5. The van der Waals surface area contributed by atoms with Crippen LogP contribution in [0.5, 0.6) is 0 Å². The van der Waals surface area contributed by atoms with Crippen LogP contribution in [-0.2, 0) is 14.3 Å². The summed E-state index contributed by atoms with van der Waals surface area (Å²) in [7, 11) is 0. The van der Waals surface area contributed by atoms with Gasteiger partial charge in [0, 0.05) is 13.1 Å². The highest BCUT2D eigenvalue weighted by atomic mass is 16.6. The van der Waals surface area contributed by atoms with Crippen molar-refractivity contribution in [1.29, 1.82) is 5.41 Å². The summed E-state index contributed by atoms with van der Waals surface area (Å²) in [5.74, 6) is -0.462. The van der Waals surface area contributed by atoms with Crippen molar-refractivity contribution in [3.05, 3.63) is 0 Å². The molecule has 1 aliphatic heterocycles. The van der Waals surface area contributed by atoms with E-state index in [-0.39, 0.29) is 18.7 Å². The molecule has 0 atom stereocenters. The Morgan fingerprint density at radius 1 is 1.17 bits per heavy atom. The van der Waals surface area contributed by atoms with E-state index in [0.29, 0.717) is 19.7 Å². The van der Waals surface area contributed by atoms with Gasteiger partial charge in [0.2, 0.25) is 0 Å². The topological polar surface area (TPSA) is 79.7 Å². The minimum atomic E-state index is -0.462. The predicted molar refractivity (Wildman–Crippen MR) is 65.7 cm³/mol. The molecule has 102 valence electrons. The number of esters is 1. The zero-order valence-electron chi connectivity index (χ0n) is 10.7. The zero-order chi connectivity index (χ0) is 13.4. The van der Waals surface area contributed by atoms with Crippen molar-refractivity contribution in [1.82, 2.24) is 4.90 Å². The number of likely N-dealkylation sites (tertiary alicyclic amines) is 1. The van der Waals surface area contributed by atoms with Gasteiger partial charge in [-0.05, 0) is 26.2 Å². The summed E-state index contributed by atoms with van der Waals surface area (Å²) in [5.41, 5.74) is 0.0545. The standard InChI is InChI=1S/C12H20N2O4/c1-2-17-11(15)8-10(13)9-18-12(16)14-6-4-3-5-7-14/h13H,2-9H2,1H3. The minimum Gasteiger partial charge on any atom is -0.466 e. The normalized spacial score (nSPS) is 15.1. The molecule has 0 unspecified atom stereocenters. The molecule has 1 fully saturated rings. The lowest BCUT2D eigenvalue weighted by molar-refractivity contribution is -0.141. The van der Waals surface area contributed by atoms with Gasteiger partial charge in [0.15, 0.2) is 0 Å². The second kappa shape index (κ2) is 7.68. The van der Waals surface area contributed by atoms with Gasteiger partial charge in [-0.3, -0.25) is 4.79 Å². The van der Waals surface area contributed by atoms with Crippen LogP contribution in [0.2, 0.25) is 0 Å². The monoisotopic (exact) mass is 256 g/mol. The van der Waals surface area contributed by atoms with Gasteiger partial charge in [-0.1, -0.05) is 0 Å². The third-order valence-corrected chi connectivity index (χ3v) is 2.65. The molecule has 0 spiro atoms. The highest BCUT2D eigenvalue weighted by Crippen LogP contribution is 2.09. The van der Waals surface area contributed by atoms with Crippen LogP contribution in [0.4, 0.5) is 4.79 Å². The van der Waals surface area contributed by atoms with E-state index >= 15 is 0 Å². The van der Waals surface area contributed by atoms with Crippen LogP contribution < -0.4 is 0 Å². The van der Waals surface area contributed by atoms with E-state index in [9.17, 15) is 9.59 Å². The predicted octanol–water partition coefficient (Wildman–Crippen LogP) is 1.58. The Bertz CT molecular complexity index is 311. The first-order valence-electron chi connectivity index (χ1n) is 6.27. The third kappa shape index (κ3) is 5.16. The largest absolute Gasteiger partial charge is 0.466 e. The maximum absolute atomic E-state index is 11.6. The molecular weight excluding hydrogens is 236 g/mol. The molecule has 0 aromatic rings. The van der Waals surface area contributed by atoms with Gasteiger partial charge in [-0.15, -0.1) is 0 Å². The molecule has 0 bridgehead atoms. The Balaban J connectivity index is 2.20. The Morgan fingerprint density at radius 3 is 2.44 bits per heavy atom. The molecule has 1 rings (SSSR count). The molecule has 0 aromatic heterocycles. The highest BCUT2D eigenvalue weighted by Gasteiger charge is 2.18. The van der Waals surface area contributed by atoms with Crippen LogP contribution in [0.1, 0.15) is 32.6 Å². The zero-order valence-corrected chi connectivity index (χ0v) is 10.7. The van der Waals surface area contributed by atoms with Crippen LogP contribution >= 0.6 is 0 Å². The maximum atomic E-state index is 11.6. The third-order valence-electron chi connectivity index (χ3n) is 2.65. The van der Waals surface area contributed by atoms with Crippen molar-refractivity contribution in [2.24, 2.45) is 0 Å². The van der Waals surface area contributed by atoms with Crippen molar-refractivity contribution >= 4 is 17.8 Å². The van der Waals surface area contributed by atoms with E-state index < -0.39 is 12.1 Å². The average molecular weight is 256 g/mol. The Morgan fingerprint density at radius 2 is 1.83 bits per heavy atom. The second-order valence-corrected chi connectivity index (χ2v) is 4.19. The molecule has 1 heterocycles. The van der Waals surface area contributed by atoms with Crippen molar-refractivity contribution in [3.8, 4) is 0 Å². The highest BCUT2D eigenvalue weighted by molar-refractivity contribution is 5.98. The van der Waals surface area contributed by atoms with Crippen molar-refractivity contribution in [2.45, 2.75) is 32.6 Å². The molecule has 0 aliphatic carbocycles. The molecule has 6 nitrogen and oxygen atoms in total. The molecule has 0 saturated carbocycles. The van der Waals surface area contributed by atoms with Crippen LogP contribution in [0.3, 0.4) is 0 Å². The molecule has 18 heavy (non-hydrogen) atoms. The Labute approximate surface area is 107 Å². The fourth-order valence-corrected chi connectivity index (χ4v) is 1.75.